The molecular formula is C6F13. The molecule has 1 atom stereocenters. The summed E-state index contributed by atoms with van der Waals surface area (Å²) in [6.45, 7) is 0. The van der Waals surface area contributed by atoms with E-state index in [-0.39, 0.29) is 0 Å². The van der Waals surface area contributed by atoms with Gasteiger partial charge in [-0.25, -0.2) is 8.78 Å². The van der Waals surface area contributed by atoms with Gasteiger partial charge in [-0.05, 0) is 0 Å². The zero-order chi connectivity index (χ0) is 16.1. The highest BCUT2D eigenvalue weighted by atomic mass is 19.4. The van der Waals surface area contributed by atoms with Crippen LogP contribution in [0.4, 0.5) is 57.1 Å². The largest absolute Gasteiger partial charge is 0.435 e. The molecule has 0 rings (SSSR count). The highest BCUT2D eigenvalue weighted by Crippen LogP contribution is 2.62. The lowest BCUT2D eigenvalue weighted by atomic mass is 9.84. The smallest absolute Gasteiger partial charge is 0.222 e. The van der Waals surface area contributed by atoms with Crippen LogP contribution in [0.15, 0.2) is 0 Å². The Morgan fingerprint density at radius 1 is 0.474 bits per heavy atom. The van der Waals surface area contributed by atoms with E-state index in [4.69, 9.17) is 0 Å². The summed E-state index contributed by atoms with van der Waals surface area (Å²) in [7, 11) is 0. The second-order valence-corrected chi connectivity index (χ2v) is 3.07. The van der Waals surface area contributed by atoms with Gasteiger partial charge in [0.2, 0.25) is 0 Å². The molecule has 0 aliphatic heterocycles. The molecule has 0 aliphatic carbocycles. The molecule has 1 radical (unpaired) electrons. The average molecular weight is 319 g/mol. The van der Waals surface area contributed by atoms with Crippen molar-refractivity contribution >= 4 is 0 Å². The van der Waals surface area contributed by atoms with Crippen molar-refractivity contribution in [2.75, 3.05) is 0 Å². The maximum absolute atomic E-state index is 12.8. The molecule has 0 aromatic heterocycles. The first-order valence-corrected chi connectivity index (χ1v) is 3.71. The minimum absolute atomic E-state index is 5.06. The van der Waals surface area contributed by atoms with Crippen LogP contribution >= 0.6 is 0 Å². The van der Waals surface area contributed by atoms with Gasteiger partial charge in [0.1, 0.15) is 0 Å². The van der Waals surface area contributed by atoms with Gasteiger partial charge in [0.15, 0.2) is 0 Å². The van der Waals surface area contributed by atoms with Crippen molar-refractivity contribution in [1.29, 1.82) is 0 Å². The van der Waals surface area contributed by atoms with Gasteiger partial charge in [0.25, 0.3) is 0 Å². The van der Waals surface area contributed by atoms with Crippen LogP contribution in [0.2, 0.25) is 0 Å². The molecule has 0 aromatic carbocycles. The van der Waals surface area contributed by atoms with E-state index in [1.54, 1.807) is 0 Å². The zero-order valence-electron chi connectivity index (χ0n) is 7.91. The Hall–Kier alpha value is -0.910. The van der Waals surface area contributed by atoms with Crippen molar-refractivity contribution in [3.63, 3.8) is 0 Å². The van der Waals surface area contributed by atoms with E-state index in [1.807, 2.05) is 0 Å². The lowest BCUT2D eigenvalue weighted by Crippen LogP contribution is -2.72. The van der Waals surface area contributed by atoms with Crippen LogP contribution in [-0.4, -0.2) is 29.9 Å². The molecule has 0 spiro atoms. The van der Waals surface area contributed by atoms with Gasteiger partial charge >= 0.3 is 36.3 Å². The van der Waals surface area contributed by atoms with E-state index >= 15 is 0 Å². The fraction of sp³-hybridized carbons (Fsp3) is 0.833. The molecule has 0 saturated carbocycles. The van der Waals surface area contributed by atoms with Crippen molar-refractivity contribution in [3.8, 4) is 0 Å². The third-order valence-corrected chi connectivity index (χ3v) is 1.91. The monoisotopic (exact) mass is 319 g/mol. The third kappa shape index (κ3) is 2.30. The number of hydrogen-bond donors (Lipinski definition) is 0. The molecule has 0 bridgehead atoms. The predicted molar refractivity (Wildman–Crippen MR) is 31.3 cm³/mol. The summed E-state index contributed by atoms with van der Waals surface area (Å²) in [5.74, 6) is 0. The Labute approximate surface area is 94.7 Å². The molecule has 0 aliphatic rings. The maximum Gasteiger partial charge on any atom is 0.435 e. The van der Waals surface area contributed by atoms with Gasteiger partial charge in [0, 0.05) is 0 Å². The molecular weight excluding hydrogens is 319 g/mol. The average Bonchev–Trinajstić information content (AvgIpc) is 2.09. The molecule has 0 aromatic rings. The predicted octanol–water partition coefficient (Wildman–Crippen LogP) is 4.52. The van der Waals surface area contributed by atoms with Gasteiger partial charge in [0.05, 0.1) is 0 Å². The number of halogens is 13. The van der Waals surface area contributed by atoms with Gasteiger partial charge in [-0.2, -0.15) is 48.3 Å². The molecule has 0 N–H and O–H groups in total. The zero-order valence-corrected chi connectivity index (χ0v) is 7.91. The Bertz CT molecular complexity index is 303. The van der Waals surface area contributed by atoms with Crippen molar-refractivity contribution < 1.29 is 57.1 Å². The van der Waals surface area contributed by atoms with Crippen LogP contribution in [0, 0.1) is 6.43 Å². The second kappa shape index (κ2) is 4.30. The van der Waals surface area contributed by atoms with Crippen molar-refractivity contribution in [2.24, 2.45) is 0 Å². The van der Waals surface area contributed by atoms with Crippen molar-refractivity contribution in [3.05, 3.63) is 6.43 Å². The first-order valence-electron chi connectivity index (χ1n) is 3.71. The Morgan fingerprint density at radius 3 is 0.789 bits per heavy atom. The highest BCUT2D eigenvalue weighted by Gasteiger charge is 2.92. The first-order chi connectivity index (χ1) is 7.94. The summed E-state index contributed by atoms with van der Waals surface area (Å²) >= 11 is 0. The molecule has 0 saturated heterocycles. The fourth-order valence-corrected chi connectivity index (χ4v) is 0.984. The molecule has 1 unspecified atom stereocenters. The standard InChI is InChI=1S/C6F13/c7-1(8)2(9,4(11,12)13)3(10,5(14,15)16)6(17,18)19. The van der Waals surface area contributed by atoms with E-state index in [1.165, 1.54) is 0 Å². The summed E-state index contributed by atoms with van der Waals surface area (Å²) in [5.41, 5.74) is -15.4. The summed E-state index contributed by atoms with van der Waals surface area (Å²) in [4.78, 5) is 0. The quantitative estimate of drug-likeness (QED) is 0.657. The van der Waals surface area contributed by atoms with Crippen LogP contribution in [0.3, 0.4) is 0 Å². The summed E-state index contributed by atoms with van der Waals surface area (Å²) in [5, 5.41) is 0. The van der Waals surface area contributed by atoms with Crippen LogP contribution in [-0.2, 0) is 0 Å². The van der Waals surface area contributed by atoms with Gasteiger partial charge in [-0.3, -0.25) is 0 Å². The number of rotatable bonds is 2. The van der Waals surface area contributed by atoms with Crippen LogP contribution in [0.25, 0.3) is 0 Å². The topological polar surface area (TPSA) is 0 Å². The van der Waals surface area contributed by atoms with E-state index in [9.17, 15) is 57.1 Å². The second-order valence-electron chi connectivity index (χ2n) is 3.07. The van der Waals surface area contributed by atoms with E-state index in [2.05, 4.69) is 0 Å². The third-order valence-electron chi connectivity index (χ3n) is 1.91. The van der Waals surface area contributed by atoms with E-state index < -0.39 is 36.3 Å². The molecule has 0 fully saturated rings. The Kier molecular flexibility index (Phi) is 4.09. The molecule has 0 nitrogen and oxygen atoms in total. The lowest BCUT2D eigenvalue weighted by Gasteiger charge is -2.40. The van der Waals surface area contributed by atoms with Gasteiger partial charge in [-0.1, -0.05) is 0 Å². The molecule has 13 heteroatoms. The van der Waals surface area contributed by atoms with Gasteiger partial charge in [-0.15, -0.1) is 0 Å². The van der Waals surface area contributed by atoms with E-state index in [0.29, 0.717) is 0 Å². The SMILES string of the molecule is F[C](F)C(F)(C(F)(F)F)C(F)(C(F)(F)F)C(F)(F)F. The summed E-state index contributed by atoms with van der Waals surface area (Å²) in [6, 6.07) is 0. The van der Waals surface area contributed by atoms with Crippen LogP contribution < -0.4 is 0 Å². The van der Waals surface area contributed by atoms with Crippen LogP contribution in [0.5, 0.6) is 0 Å². The van der Waals surface area contributed by atoms with Crippen molar-refractivity contribution in [2.45, 2.75) is 29.9 Å². The fourth-order valence-electron chi connectivity index (χ4n) is 0.984. The minimum Gasteiger partial charge on any atom is -0.222 e. The van der Waals surface area contributed by atoms with Crippen LogP contribution in [0.1, 0.15) is 0 Å². The Balaban J connectivity index is 6.45. The number of alkyl halides is 11. The lowest BCUT2D eigenvalue weighted by molar-refractivity contribution is -0.419. The summed E-state index contributed by atoms with van der Waals surface area (Å²) in [6.07, 6.45) is -27.8. The maximum atomic E-state index is 12.8. The summed E-state index contributed by atoms with van der Waals surface area (Å²) < 4.78 is 155. The van der Waals surface area contributed by atoms with Gasteiger partial charge < -0.3 is 0 Å². The Morgan fingerprint density at radius 2 is 0.737 bits per heavy atom. The van der Waals surface area contributed by atoms with E-state index in [0.717, 1.165) is 0 Å². The molecule has 115 valence electrons. The highest BCUT2D eigenvalue weighted by molar-refractivity contribution is 5.20. The molecule has 0 heterocycles. The first kappa shape index (κ1) is 18.1. The molecule has 0 amide bonds. The normalized spacial score (nSPS) is 18.6. The van der Waals surface area contributed by atoms with Crippen molar-refractivity contribution in [1.82, 2.24) is 0 Å². The molecule has 19 heavy (non-hydrogen) atoms. The minimum atomic E-state index is -7.84. The number of hydrogen-bond acceptors (Lipinski definition) is 0.